The number of carboxylic acids is 2. The van der Waals surface area contributed by atoms with Gasteiger partial charge < -0.3 is 37.0 Å². The minimum atomic E-state index is -1.69. The van der Waals surface area contributed by atoms with E-state index in [9.17, 15) is 29.1 Å². The fraction of sp³-hybridized carbons (Fsp3) is 0.737. The van der Waals surface area contributed by atoms with Crippen molar-refractivity contribution in [3.63, 3.8) is 0 Å². The standard InChI is InChI=1S/C19H34N4O8S/c1-5-9(2)14(17(28)21-12(19(30)31)8-13(25)26)22-18(29)15(10(3)24)23-16(27)11(20)6-7-32-4/h9-12,14-15,24H,5-8,20H2,1-4H3,(H,21,28)(H,22,29)(H,23,27)(H,25,26)(H,30,31). The van der Waals surface area contributed by atoms with Gasteiger partial charge in [-0.2, -0.15) is 11.8 Å². The van der Waals surface area contributed by atoms with Crippen LogP contribution >= 0.6 is 11.8 Å². The summed E-state index contributed by atoms with van der Waals surface area (Å²) in [7, 11) is 0. The van der Waals surface area contributed by atoms with Crippen molar-refractivity contribution in [3.8, 4) is 0 Å². The number of hydrogen-bond donors (Lipinski definition) is 7. The molecule has 0 saturated heterocycles. The number of aliphatic hydroxyl groups is 1. The molecule has 0 bridgehead atoms. The second-order valence-corrected chi connectivity index (χ2v) is 8.47. The SMILES string of the molecule is CCC(C)C(NC(=O)C(NC(=O)C(N)CCSC)C(C)O)C(=O)NC(CC(=O)O)C(=O)O. The van der Waals surface area contributed by atoms with Gasteiger partial charge in [-0.05, 0) is 31.3 Å². The van der Waals surface area contributed by atoms with Crippen LogP contribution in [0, 0.1) is 5.92 Å². The Bertz CT molecular complexity index is 676. The average Bonchev–Trinajstić information content (AvgIpc) is 2.71. The molecule has 6 unspecified atom stereocenters. The molecule has 0 radical (unpaired) electrons. The van der Waals surface area contributed by atoms with Crippen LogP contribution in [-0.4, -0.2) is 87.3 Å². The Morgan fingerprint density at radius 3 is 1.91 bits per heavy atom. The van der Waals surface area contributed by atoms with Crippen LogP contribution in [-0.2, 0) is 24.0 Å². The Morgan fingerprint density at radius 1 is 0.938 bits per heavy atom. The number of carboxylic acid groups (broad SMARTS) is 2. The number of nitrogens with two attached hydrogens (primary N) is 1. The van der Waals surface area contributed by atoms with Crippen molar-refractivity contribution >= 4 is 41.4 Å². The van der Waals surface area contributed by atoms with Crippen LogP contribution in [0.2, 0.25) is 0 Å². The van der Waals surface area contributed by atoms with Crippen LogP contribution in [0.15, 0.2) is 0 Å². The second kappa shape index (κ2) is 14.6. The zero-order valence-corrected chi connectivity index (χ0v) is 19.5. The molecular formula is C19H34N4O8S. The maximum atomic E-state index is 12.8. The fourth-order valence-electron chi connectivity index (χ4n) is 2.62. The smallest absolute Gasteiger partial charge is 0.326 e. The molecule has 32 heavy (non-hydrogen) atoms. The molecule has 0 aliphatic heterocycles. The monoisotopic (exact) mass is 478 g/mol. The Hall–Kier alpha value is -2.38. The predicted octanol–water partition coefficient (Wildman–Crippen LogP) is -1.49. The third-order valence-corrected chi connectivity index (χ3v) is 5.46. The summed E-state index contributed by atoms with van der Waals surface area (Å²) in [5.74, 6) is -5.20. The molecule has 0 saturated carbocycles. The molecule has 0 aromatic rings. The third kappa shape index (κ3) is 10.3. The van der Waals surface area contributed by atoms with E-state index >= 15 is 0 Å². The molecule has 184 valence electrons. The fourth-order valence-corrected chi connectivity index (χ4v) is 3.11. The van der Waals surface area contributed by atoms with Gasteiger partial charge in [-0.15, -0.1) is 0 Å². The average molecular weight is 479 g/mol. The number of carbonyl (C=O) groups excluding carboxylic acids is 3. The zero-order chi connectivity index (χ0) is 25.0. The van der Waals surface area contributed by atoms with Gasteiger partial charge in [0.25, 0.3) is 0 Å². The summed E-state index contributed by atoms with van der Waals surface area (Å²) in [6, 6.07) is -5.22. The molecule has 3 amide bonds. The van der Waals surface area contributed by atoms with Crippen LogP contribution in [0.3, 0.4) is 0 Å². The van der Waals surface area contributed by atoms with Crippen LogP contribution in [0.25, 0.3) is 0 Å². The summed E-state index contributed by atoms with van der Waals surface area (Å²) in [4.78, 5) is 59.8. The quantitative estimate of drug-likeness (QED) is 0.145. The van der Waals surface area contributed by atoms with Crippen molar-refractivity contribution in [2.45, 2.75) is 70.3 Å². The summed E-state index contributed by atoms with van der Waals surface area (Å²) in [5.41, 5.74) is 5.79. The van der Waals surface area contributed by atoms with E-state index in [0.717, 1.165) is 0 Å². The maximum Gasteiger partial charge on any atom is 0.326 e. The van der Waals surface area contributed by atoms with Gasteiger partial charge in [0.05, 0.1) is 18.6 Å². The van der Waals surface area contributed by atoms with E-state index < -0.39 is 72.3 Å². The summed E-state index contributed by atoms with van der Waals surface area (Å²) >= 11 is 1.49. The number of amides is 3. The molecular weight excluding hydrogens is 444 g/mol. The normalized spacial score (nSPS) is 16.6. The minimum absolute atomic E-state index is 0.360. The van der Waals surface area contributed by atoms with Crippen molar-refractivity contribution in [1.29, 1.82) is 0 Å². The van der Waals surface area contributed by atoms with Crippen LogP contribution in [0.5, 0.6) is 0 Å². The first-order valence-electron chi connectivity index (χ1n) is 10.1. The van der Waals surface area contributed by atoms with Crippen LogP contribution in [0.4, 0.5) is 0 Å². The number of carbonyl (C=O) groups is 5. The number of rotatable bonds is 15. The topological polar surface area (TPSA) is 208 Å². The lowest BCUT2D eigenvalue weighted by atomic mass is 9.97. The Balaban J connectivity index is 5.45. The lowest BCUT2D eigenvalue weighted by Crippen LogP contribution is -2.61. The van der Waals surface area contributed by atoms with E-state index in [-0.39, 0.29) is 0 Å². The highest BCUT2D eigenvalue weighted by Crippen LogP contribution is 2.10. The highest BCUT2D eigenvalue weighted by Gasteiger charge is 2.34. The third-order valence-electron chi connectivity index (χ3n) is 4.82. The van der Waals surface area contributed by atoms with Gasteiger partial charge in [0.1, 0.15) is 18.1 Å². The molecule has 0 aliphatic rings. The molecule has 0 aliphatic carbocycles. The molecule has 6 atom stereocenters. The summed E-state index contributed by atoms with van der Waals surface area (Å²) in [5, 5.41) is 34.9. The molecule has 13 heteroatoms. The van der Waals surface area contributed by atoms with E-state index in [1.165, 1.54) is 18.7 Å². The van der Waals surface area contributed by atoms with Gasteiger partial charge in [0.2, 0.25) is 17.7 Å². The van der Waals surface area contributed by atoms with Gasteiger partial charge >= 0.3 is 11.9 Å². The lowest BCUT2D eigenvalue weighted by Gasteiger charge is -2.28. The van der Waals surface area contributed by atoms with E-state index in [4.69, 9.17) is 15.9 Å². The molecule has 8 N–H and O–H groups in total. The van der Waals surface area contributed by atoms with E-state index in [0.29, 0.717) is 18.6 Å². The van der Waals surface area contributed by atoms with Crippen molar-refractivity contribution in [3.05, 3.63) is 0 Å². The van der Waals surface area contributed by atoms with E-state index in [1.807, 2.05) is 6.26 Å². The van der Waals surface area contributed by atoms with Crippen molar-refractivity contribution in [1.82, 2.24) is 16.0 Å². The van der Waals surface area contributed by atoms with Gasteiger partial charge in [-0.1, -0.05) is 20.3 Å². The lowest BCUT2D eigenvalue weighted by molar-refractivity contribution is -0.147. The largest absolute Gasteiger partial charge is 0.481 e. The van der Waals surface area contributed by atoms with Crippen molar-refractivity contribution in [2.75, 3.05) is 12.0 Å². The molecule has 0 spiro atoms. The number of hydrogen-bond acceptors (Lipinski definition) is 8. The van der Waals surface area contributed by atoms with Gasteiger partial charge in [-0.25, -0.2) is 4.79 Å². The second-order valence-electron chi connectivity index (χ2n) is 7.48. The number of aliphatic carboxylic acids is 2. The summed E-state index contributed by atoms with van der Waals surface area (Å²) in [6.45, 7) is 4.65. The maximum absolute atomic E-state index is 12.8. The molecule has 12 nitrogen and oxygen atoms in total. The molecule has 0 aromatic carbocycles. The van der Waals surface area contributed by atoms with Crippen molar-refractivity contribution in [2.24, 2.45) is 11.7 Å². The zero-order valence-electron chi connectivity index (χ0n) is 18.7. The number of nitrogens with one attached hydrogen (secondary N) is 3. The minimum Gasteiger partial charge on any atom is -0.481 e. The van der Waals surface area contributed by atoms with Crippen molar-refractivity contribution < 1.29 is 39.3 Å². The Labute approximate surface area is 191 Å². The highest BCUT2D eigenvalue weighted by atomic mass is 32.2. The number of aliphatic hydroxyl groups excluding tert-OH is 1. The predicted molar refractivity (Wildman–Crippen MR) is 118 cm³/mol. The van der Waals surface area contributed by atoms with Gasteiger partial charge in [0, 0.05) is 0 Å². The Kier molecular flexibility index (Phi) is 13.5. The van der Waals surface area contributed by atoms with Crippen LogP contribution < -0.4 is 21.7 Å². The molecule has 0 fully saturated rings. The summed E-state index contributed by atoms with van der Waals surface area (Å²) in [6.07, 6.45) is 0.468. The van der Waals surface area contributed by atoms with Crippen LogP contribution in [0.1, 0.15) is 40.0 Å². The van der Waals surface area contributed by atoms with Gasteiger partial charge in [0.15, 0.2) is 0 Å². The first-order chi connectivity index (χ1) is 14.8. The first kappa shape index (κ1) is 29.6. The number of thioether (sulfide) groups is 1. The first-order valence-corrected chi connectivity index (χ1v) is 11.5. The Morgan fingerprint density at radius 2 is 1.47 bits per heavy atom. The molecule has 0 heterocycles. The van der Waals surface area contributed by atoms with E-state index in [2.05, 4.69) is 16.0 Å². The molecule has 0 rings (SSSR count). The summed E-state index contributed by atoms with van der Waals surface area (Å²) < 4.78 is 0. The highest BCUT2D eigenvalue weighted by molar-refractivity contribution is 7.98. The van der Waals surface area contributed by atoms with Gasteiger partial charge in [-0.3, -0.25) is 19.2 Å². The molecule has 0 aromatic heterocycles. The van der Waals surface area contributed by atoms with E-state index in [1.54, 1.807) is 13.8 Å².